The third-order valence-corrected chi connectivity index (χ3v) is 4.37. The molecule has 5 unspecified atom stereocenters. The molecule has 0 saturated heterocycles. The molecule has 0 aliphatic rings. The van der Waals surface area contributed by atoms with Crippen LogP contribution < -0.4 is 21.7 Å². The molecule has 11 nitrogen and oxygen atoms in total. The van der Waals surface area contributed by atoms with Crippen molar-refractivity contribution in [2.45, 2.75) is 58.3 Å². The number of hydrogen-bond acceptors (Lipinski definition) is 7. The van der Waals surface area contributed by atoms with Gasteiger partial charge in [0.25, 0.3) is 0 Å². The fraction of sp³-hybridized carbons (Fsp3) is 0.765. The van der Waals surface area contributed by atoms with Gasteiger partial charge in [-0.05, 0) is 11.8 Å². The van der Waals surface area contributed by atoms with E-state index in [2.05, 4.69) is 16.0 Å². The van der Waals surface area contributed by atoms with Crippen molar-refractivity contribution >= 4 is 23.7 Å². The predicted octanol–water partition coefficient (Wildman–Crippen LogP) is -2.46. The van der Waals surface area contributed by atoms with Crippen LogP contribution >= 0.6 is 0 Å². The number of carboxylic acids is 1. The first-order valence-electron chi connectivity index (χ1n) is 9.11. The molecule has 0 spiro atoms. The first kappa shape index (κ1) is 25.8. The van der Waals surface area contributed by atoms with Crippen molar-refractivity contribution in [3.63, 3.8) is 0 Å². The molecule has 28 heavy (non-hydrogen) atoms. The number of hydrogen-bond donors (Lipinski definition) is 7. The molecule has 162 valence electrons. The summed E-state index contributed by atoms with van der Waals surface area (Å²) >= 11 is 0. The average molecular weight is 404 g/mol. The van der Waals surface area contributed by atoms with Crippen LogP contribution in [0.1, 0.15) is 34.1 Å². The van der Waals surface area contributed by atoms with Crippen LogP contribution in [0.15, 0.2) is 0 Å². The third kappa shape index (κ3) is 7.79. The molecule has 0 bridgehead atoms. The van der Waals surface area contributed by atoms with Gasteiger partial charge in [-0.25, -0.2) is 4.79 Å². The van der Waals surface area contributed by atoms with Crippen molar-refractivity contribution in [3.8, 4) is 0 Å². The maximum atomic E-state index is 12.7. The number of aliphatic hydroxyl groups excluding tert-OH is 2. The minimum atomic E-state index is -1.50. The summed E-state index contributed by atoms with van der Waals surface area (Å²) in [5.74, 6) is -4.22. The molecular weight excluding hydrogens is 372 g/mol. The van der Waals surface area contributed by atoms with E-state index in [0.717, 1.165) is 0 Å². The minimum Gasteiger partial charge on any atom is -0.480 e. The molecular formula is C17H32N4O7. The number of carbonyl (C=O) groups is 4. The average Bonchev–Trinajstić information content (AvgIpc) is 2.65. The molecule has 0 aliphatic carbocycles. The van der Waals surface area contributed by atoms with Gasteiger partial charge in [0, 0.05) is 0 Å². The van der Waals surface area contributed by atoms with E-state index in [1.807, 2.05) is 0 Å². The van der Waals surface area contributed by atoms with Gasteiger partial charge in [0.1, 0.15) is 24.2 Å². The zero-order valence-electron chi connectivity index (χ0n) is 16.6. The molecule has 0 aromatic heterocycles. The fourth-order valence-corrected chi connectivity index (χ4v) is 2.27. The highest BCUT2D eigenvalue weighted by Crippen LogP contribution is 2.11. The summed E-state index contributed by atoms with van der Waals surface area (Å²) in [5, 5.41) is 34.2. The van der Waals surface area contributed by atoms with E-state index in [4.69, 9.17) is 21.1 Å². The minimum absolute atomic E-state index is 0.347. The lowest BCUT2D eigenvalue weighted by molar-refractivity contribution is -0.143. The molecule has 5 atom stereocenters. The van der Waals surface area contributed by atoms with Gasteiger partial charge in [-0.3, -0.25) is 14.4 Å². The van der Waals surface area contributed by atoms with E-state index in [-0.39, 0.29) is 11.8 Å². The van der Waals surface area contributed by atoms with E-state index in [1.165, 1.54) is 0 Å². The first-order chi connectivity index (χ1) is 13.0. The first-order valence-corrected chi connectivity index (χ1v) is 9.11. The molecule has 0 aliphatic heterocycles. The lowest BCUT2D eigenvalue weighted by atomic mass is 9.96. The van der Waals surface area contributed by atoms with E-state index in [0.29, 0.717) is 6.42 Å². The van der Waals surface area contributed by atoms with Gasteiger partial charge in [-0.1, -0.05) is 34.1 Å². The van der Waals surface area contributed by atoms with Crippen LogP contribution in [0, 0.1) is 11.8 Å². The monoisotopic (exact) mass is 404 g/mol. The van der Waals surface area contributed by atoms with Gasteiger partial charge in [0.15, 0.2) is 0 Å². The normalized spacial score (nSPS) is 16.4. The summed E-state index contributed by atoms with van der Waals surface area (Å²) in [4.78, 5) is 48.1. The Kier molecular flexibility index (Phi) is 11.3. The highest BCUT2D eigenvalue weighted by molar-refractivity contribution is 5.94. The van der Waals surface area contributed by atoms with Crippen molar-refractivity contribution in [2.75, 3.05) is 13.2 Å². The molecule has 0 saturated carbocycles. The van der Waals surface area contributed by atoms with Gasteiger partial charge in [-0.15, -0.1) is 0 Å². The van der Waals surface area contributed by atoms with E-state index >= 15 is 0 Å². The maximum absolute atomic E-state index is 12.7. The SMILES string of the molecule is CCC(C)C(NC(=O)C(NC(=O)C(N)CO)C(C)C)C(=O)NC(CO)C(=O)O. The van der Waals surface area contributed by atoms with E-state index in [1.54, 1.807) is 27.7 Å². The topological polar surface area (TPSA) is 191 Å². The second-order valence-electron chi connectivity index (χ2n) is 6.97. The van der Waals surface area contributed by atoms with Crippen molar-refractivity contribution in [3.05, 3.63) is 0 Å². The predicted molar refractivity (Wildman–Crippen MR) is 99.9 cm³/mol. The summed E-state index contributed by atoms with van der Waals surface area (Å²) in [7, 11) is 0. The Morgan fingerprint density at radius 1 is 0.857 bits per heavy atom. The van der Waals surface area contributed by atoms with Gasteiger partial charge in [0.2, 0.25) is 17.7 Å². The maximum Gasteiger partial charge on any atom is 0.328 e. The van der Waals surface area contributed by atoms with Gasteiger partial charge in [0.05, 0.1) is 13.2 Å². The van der Waals surface area contributed by atoms with Crippen LogP contribution in [0.5, 0.6) is 0 Å². The standard InChI is InChI=1S/C17H32N4O7/c1-5-9(4)13(16(26)19-11(7-23)17(27)28)21-15(25)12(8(2)3)20-14(24)10(18)6-22/h8-13,22-23H,5-7,18H2,1-4H3,(H,19,26)(H,20,24)(H,21,25)(H,27,28). The second kappa shape index (κ2) is 12.3. The Balaban J connectivity index is 5.37. The van der Waals surface area contributed by atoms with Crippen LogP contribution in [0.3, 0.4) is 0 Å². The van der Waals surface area contributed by atoms with Crippen LogP contribution in [-0.4, -0.2) is 76.4 Å². The Labute approximate surface area is 164 Å². The van der Waals surface area contributed by atoms with E-state index in [9.17, 15) is 19.2 Å². The molecule has 3 amide bonds. The molecule has 0 aromatic carbocycles. The van der Waals surface area contributed by atoms with Gasteiger partial charge in [-0.2, -0.15) is 0 Å². The number of aliphatic hydroxyl groups is 2. The molecule has 0 radical (unpaired) electrons. The largest absolute Gasteiger partial charge is 0.480 e. The van der Waals surface area contributed by atoms with Gasteiger partial charge < -0.3 is 37.0 Å². The number of rotatable bonds is 12. The zero-order chi connectivity index (χ0) is 22.0. The Morgan fingerprint density at radius 3 is 1.75 bits per heavy atom. The highest BCUT2D eigenvalue weighted by Gasteiger charge is 2.33. The van der Waals surface area contributed by atoms with Crippen LogP contribution in [0.4, 0.5) is 0 Å². The Bertz CT molecular complexity index is 556. The number of nitrogens with two attached hydrogens (primary N) is 1. The molecule has 0 fully saturated rings. The summed E-state index contributed by atoms with van der Waals surface area (Å²) < 4.78 is 0. The Morgan fingerprint density at radius 2 is 1.36 bits per heavy atom. The molecule has 11 heteroatoms. The molecule has 0 rings (SSSR count). The molecule has 0 heterocycles. The third-order valence-electron chi connectivity index (χ3n) is 4.37. The number of carbonyl (C=O) groups excluding carboxylic acids is 3. The quantitative estimate of drug-likeness (QED) is 0.186. The lowest BCUT2D eigenvalue weighted by Gasteiger charge is -2.29. The second-order valence-corrected chi connectivity index (χ2v) is 6.97. The highest BCUT2D eigenvalue weighted by atomic mass is 16.4. The summed E-state index contributed by atoms with van der Waals surface area (Å²) in [6, 6.07) is -4.78. The van der Waals surface area contributed by atoms with Crippen molar-refractivity contribution in [1.82, 2.24) is 16.0 Å². The Hall–Kier alpha value is -2.24. The van der Waals surface area contributed by atoms with Crippen molar-refractivity contribution in [1.29, 1.82) is 0 Å². The summed E-state index contributed by atoms with van der Waals surface area (Å²) in [6.07, 6.45) is 0.503. The fourth-order valence-electron chi connectivity index (χ4n) is 2.27. The number of nitrogens with one attached hydrogen (secondary N) is 3. The number of carboxylic acid groups (broad SMARTS) is 1. The number of amides is 3. The number of aliphatic carboxylic acids is 1. The summed E-state index contributed by atoms with van der Waals surface area (Å²) in [6.45, 7) is 5.46. The van der Waals surface area contributed by atoms with Crippen LogP contribution in [0.25, 0.3) is 0 Å². The van der Waals surface area contributed by atoms with E-state index < -0.39 is 61.1 Å². The van der Waals surface area contributed by atoms with Crippen LogP contribution in [0.2, 0.25) is 0 Å². The lowest BCUT2D eigenvalue weighted by Crippen LogP contribution is -2.60. The van der Waals surface area contributed by atoms with Crippen LogP contribution in [-0.2, 0) is 19.2 Å². The van der Waals surface area contributed by atoms with Crippen molar-refractivity contribution in [2.24, 2.45) is 17.6 Å². The zero-order valence-corrected chi connectivity index (χ0v) is 16.6. The van der Waals surface area contributed by atoms with Gasteiger partial charge >= 0.3 is 5.97 Å². The van der Waals surface area contributed by atoms with Crippen molar-refractivity contribution < 1.29 is 34.5 Å². The smallest absolute Gasteiger partial charge is 0.328 e. The molecule has 8 N–H and O–H groups in total. The summed E-state index contributed by atoms with van der Waals surface area (Å²) in [5.41, 5.74) is 5.45. The molecule has 0 aromatic rings.